The van der Waals surface area contributed by atoms with Gasteiger partial charge in [-0.15, -0.1) is 0 Å². The molecule has 0 heterocycles. The first kappa shape index (κ1) is 21.5. The molecule has 3 amide bonds. The van der Waals surface area contributed by atoms with Crippen molar-refractivity contribution in [3.05, 3.63) is 121 Å². The van der Waals surface area contributed by atoms with Gasteiger partial charge in [0.2, 0.25) is 0 Å². The first-order valence-electron chi connectivity index (χ1n) is 10.4. The van der Waals surface area contributed by atoms with Crippen molar-refractivity contribution in [2.24, 2.45) is 0 Å². The maximum Gasteiger partial charge on any atom is 0.325 e. The van der Waals surface area contributed by atoms with Crippen LogP contribution in [0, 0.1) is 0 Å². The van der Waals surface area contributed by atoms with Crippen LogP contribution in [0.15, 0.2) is 121 Å². The van der Waals surface area contributed by atoms with Gasteiger partial charge in [0, 0.05) is 5.69 Å². The highest BCUT2D eigenvalue weighted by molar-refractivity contribution is 7.96. The molecule has 4 rings (SSSR count). The summed E-state index contributed by atoms with van der Waals surface area (Å²) in [6.45, 7) is 0. The summed E-state index contributed by atoms with van der Waals surface area (Å²) in [5.41, 5.74) is 0.632. The van der Waals surface area contributed by atoms with Gasteiger partial charge in [0.25, 0.3) is 5.91 Å². The number of carbonyl (C=O) groups is 2. The lowest BCUT2D eigenvalue weighted by Gasteiger charge is -2.27. The molecule has 0 aromatic heterocycles. The fourth-order valence-electron chi connectivity index (χ4n) is 3.83. The number of rotatable bonds is 6. The lowest BCUT2D eigenvalue weighted by atomic mass is 10.3. The summed E-state index contributed by atoms with van der Waals surface area (Å²) in [5, 5.41) is 8.53. The van der Waals surface area contributed by atoms with Gasteiger partial charge in [-0.05, 0) is 48.5 Å². The number of carbonyl (C=O) groups excluding carboxylic acids is 2. The van der Waals surface area contributed by atoms with Gasteiger partial charge in [-0.3, -0.25) is 10.1 Å². The quantitative estimate of drug-likeness (QED) is 0.440. The fourth-order valence-corrected chi connectivity index (χ4v) is 7.83. The average Bonchev–Trinajstić information content (AvgIpc) is 2.85. The molecule has 0 aliphatic heterocycles. The van der Waals surface area contributed by atoms with E-state index in [1.807, 2.05) is 72.8 Å². The van der Waals surface area contributed by atoms with Crippen LogP contribution in [-0.4, -0.2) is 18.1 Å². The Labute approximate surface area is 188 Å². The van der Waals surface area contributed by atoms with E-state index in [1.54, 1.807) is 12.1 Å². The normalized spacial score (nSPS) is 10.9. The van der Waals surface area contributed by atoms with Gasteiger partial charge in [0.1, 0.15) is 23.2 Å². The third-order valence-electron chi connectivity index (χ3n) is 5.26. The topological polar surface area (TPSA) is 58.2 Å². The molecular weight excluding hydrogens is 415 g/mol. The molecule has 0 spiro atoms. The molecule has 4 nitrogen and oxygen atoms in total. The Balaban J connectivity index is 1.71. The second-order valence-electron chi connectivity index (χ2n) is 7.34. The number of hydrogen-bond acceptors (Lipinski definition) is 2. The van der Waals surface area contributed by atoms with Crippen LogP contribution in [0.2, 0.25) is 0 Å². The Morgan fingerprint density at radius 1 is 0.562 bits per heavy atom. The van der Waals surface area contributed by atoms with Gasteiger partial charge < -0.3 is 5.32 Å². The number of anilines is 1. The van der Waals surface area contributed by atoms with Crippen LogP contribution in [-0.2, 0) is 4.79 Å². The first-order valence-corrected chi connectivity index (χ1v) is 12.4. The van der Waals surface area contributed by atoms with Crippen molar-refractivity contribution in [2.75, 3.05) is 11.5 Å². The smallest absolute Gasteiger partial charge is 0.308 e. The van der Waals surface area contributed by atoms with E-state index in [0.717, 1.165) is 15.9 Å². The Hall–Kier alpha value is -3.75. The van der Waals surface area contributed by atoms with Gasteiger partial charge >= 0.3 is 6.03 Å². The molecule has 0 fully saturated rings. The monoisotopic (exact) mass is 439 g/mol. The van der Waals surface area contributed by atoms with Crippen LogP contribution in [0.1, 0.15) is 0 Å². The number of imide groups is 1. The van der Waals surface area contributed by atoms with E-state index in [9.17, 15) is 9.59 Å². The standard InChI is InChI=1S/C27H23N2O2P/c30-26(29-27(31)28-22-13-5-1-6-14-22)21-32(23-15-7-2-8-16-23,24-17-9-3-10-18-24)25-19-11-4-12-20-25/h1-20H,21H2,(H-,28,29,30,31)/p+1. The molecule has 4 aromatic carbocycles. The zero-order valence-corrected chi connectivity index (χ0v) is 18.4. The SMILES string of the molecule is O=C(C[P+](c1ccccc1)(c1ccccc1)c1ccccc1)NC(=O)Nc1ccccc1. The van der Waals surface area contributed by atoms with E-state index in [2.05, 4.69) is 47.0 Å². The van der Waals surface area contributed by atoms with Crippen LogP contribution in [0.3, 0.4) is 0 Å². The summed E-state index contributed by atoms with van der Waals surface area (Å²) in [6, 6.07) is 38.9. The molecule has 0 aliphatic carbocycles. The van der Waals surface area contributed by atoms with E-state index >= 15 is 0 Å². The summed E-state index contributed by atoms with van der Waals surface area (Å²) in [4.78, 5) is 25.7. The van der Waals surface area contributed by atoms with Crippen LogP contribution < -0.4 is 26.5 Å². The molecule has 0 saturated carbocycles. The highest BCUT2D eigenvalue weighted by atomic mass is 31.2. The molecule has 0 unspecified atom stereocenters. The molecule has 0 aliphatic rings. The van der Waals surface area contributed by atoms with E-state index in [0.29, 0.717) is 5.69 Å². The summed E-state index contributed by atoms with van der Waals surface area (Å²) in [5.74, 6) is -0.316. The molecule has 0 atom stereocenters. The van der Waals surface area contributed by atoms with Crippen LogP contribution in [0.5, 0.6) is 0 Å². The average molecular weight is 439 g/mol. The van der Waals surface area contributed by atoms with Crippen LogP contribution in [0.4, 0.5) is 10.5 Å². The maximum absolute atomic E-state index is 13.2. The molecule has 5 heteroatoms. The fraction of sp³-hybridized carbons (Fsp3) is 0.0370. The predicted molar refractivity (Wildman–Crippen MR) is 134 cm³/mol. The number of benzene rings is 4. The summed E-state index contributed by atoms with van der Waals surface area (Å²) in [6.07, 6.45) is 0.188. The second-order valence-corrected chi connectivity index (χ2v) is 10.8. The lowest BCUT2D eigenvalue weighted by Crippen LogP contribution is -2.42. The molecule has 158 valence electrons. The van der Waals surface area contributed by atoms with Gasteiger partial charge in [-0.1, -0.05) is 72.8 Å². The van der Waals surface area contributed by atoms with Gasteiger partial charge in [-0.2, -0.15) is 0 Å². The van der Waals surface area contributed by atoms with Crippen molar-refractivity contribution in [1.82, 2.24) is 5.32 Å². The third-order valence-corrected chi connectivity index (χ3v) is 9.56. The molecule has 0 bridgehead atoms. The van der Waals surface area contributed by atoms with Crippen LogP contribution >= 0.6 is 7.26 Å². The summed E-state index contributed by atoms with van der Waals surface area (Å²) < 4.78 is 0. The Kier molecular flexibility index (Phi) is 6.74. The van der Waals surface area contributed by atoms with Crippen molar-refractivity contribution in [3.63, 3.8) is 0 Å². The molecule has 2 N–H and O–H groups in total. The van der Waals surface area contributed by atoms with E-state index < -0.39 is 13.3 Å². The third kappa shape index (κ3) is 4.77. The molecule has 0 radical (unpaired) electrons. The van der Waals surface area contributed by atoms with Crippen LogP contribution in [0.25, 0.3) is 0 Å². The number of hydrogen-bond donors (Lipinski definition) is 2. The van der Waals surface area contributed by atoms with Gasteiger partial charge in [0.05, 0.1) is 0 Å². The van der Waals surface area contributed by atoms with E-state index in [-0.39, 0.29) is 12.1 Å². The second kappa shape index (κ2) is 10.0. The number of urea groups is 1. The largest absolute Gasteiger partial charge is 0.325 e. The molecule has 0 saturated heterocycles. The predicted octanol–water partition coefficient (Wildman–Crippen LogP) is 4.33. The Morgan fingerprint density at radius 3 is 1.34 bits per heavy atom. The highest BCUT2D eigenvalue weighted by Crippen LogP contribution is 2.54. The zero-order valence-electron chi connectivity index (χ0n) is 17.5. The lowest BCUT2D eigenvalue weighted by molar-refractivity contribution is -0.117. The molecule has 4 aromatic rings. The van der Waals surface area contributed by atoms with E-state index in [4.69, 9.17) is 0 Å². The van der Waals surface area contributed by atoms with Gasteiger partial charge in [-0.25, -0.2) is 4.79 Å². The number of para-hydroxylation sites is 1. The van der Waals surface area contributed by atoms with Gasteiger partial charge in [0.15, 0.2) is 6.16 Å². The van der Waals surface area contributed by atoms with Crippen molar-refractivity contribution < 1.29 is 9.59 Å². The molecule has 32 heavy (non-hydrogen) atoms. The van der Waals surface area contributed by atoms with Crippen molar-refractivity contribution in [1.29, 1.82) is 0 Å². The minimum atomic E-state index is -2.34. The summed E-state index contributed by atoms with van der Waals surface area (Å²) in [7, 11) is -2.34. The Morgan fingerprint density at radius 2 is 0.938 bits per heavy atom. The zero-order chi connectivity index (χ0) is 22.2. The highest BCUT2D eigenvalue weighted by Gasteiger charge is 2.47. The summed E-state index contributed by atoms with van der Waals surface area (Å²) >= 11 is 0. The van der Waals surface area contributed by atoms with Crippen molar-refractivity contribution >= 4 is 40.8 Å². The molecular formula is C27H24N2O2P+. The van der Waals surface area contributed by atoms with E-state index in [1.165, 1.54) is 0 Å². The van der Waals surface area contributed by atoms with Crippen molar-refractivity contribution in [2.45, 2.75) is 0 Å². The number of amides is 3. The minimum absolute atomic E-state index is 0.188. The van der Waals surface area contributed by atoms with Crippen molar-refractivity contribution in [3.8, 4) is 0 Å². The first-order chi connectivity index (χ1) is 15.7. The number of nitrogens with one attached hydrogen (secondary N) is 2. The minimum Gasteiger partial charge on any atom is -0.308 e. The Bertz CT molecular complexity index is 1070. The maximum atomic E-state index is 13.2.